The lowest BCUT2D eigenvalue weighted by atomic mass is 9.82. The molecule has 1 saturated heterocycles. The third-order valence-corrected chi connectivity index (χ3v) is 4.62. The lowest BCUT2D eigenvalue weighted by Gasteiger charge is -2.21. The Morgan fingerprint density at radius 2 is 2.00 bits per heavy atom. The van der Waals surface area contributed by atoms with E-state index < -0.39 is 23.9 Å². The molecular formula is C16H21NO4. The number of nitrogens with one attached hydrogen (secondary N) is 1. The Kier molecular flexibility index (Phi) is 4.10. The predicted molar refractivity (Wildman–Crippen MR) is 76.6 cm³/mol. The van der Waals surface area contributed by atoms with Crippen LogP contribution >= 0.6 is 0 Å². The number of fused-ring (bicyclic) bond motifs is 2. The summed E-state index contributed by atoms with van der Waals surface area (Å²) in [6, 6.07) is 0. The van der Waals surface area contributed by atoms with Gasteiger partial charge in [-0.1, -0.05) is 23.8 Å². The van der Waals surface area contributed by atoms with Crippen LogP contribution in [0.4, 0.5) is 0 Å². The first-order chi connectivity index (χ1) is 10.2. The topological polar surface area (TPSA) is 75.6 Å². The van der Waals surface area contributed by atoms with Crippen LogP contribution in [0.2, 0.25) is 0 Å². The minimum absolute atomic E-state index is 0.198. The third-order valence-electron chi connectivity index (χ3n) is 4.62. The maximum absolute atomic E-state index is 12.3. The van der Waals surface area contributed by atoms with Crippen molar-refractivity contribution >= 4 is 11.9 Å². The Morgan fingerprint density at radius 1 is 1.24 bits per heavy atom. The van der Waals surface area contributed by atoms with E-state index in [-0.39, 0.29) is 12.0 Å². The zero-order valence-corrected chi connectivity index (χ0v) is 12.0. The summed E-state index contributed by atoms with van der Waals surface area (Å²) in [6.45, 7) is 0.578. The largest absolute Gasteiger partial charge is 0.481 e. The average Bonchev–Trinajstić information content (AvgIpc) is 3.08. The molecule has 21 heavy (non-hydrogen) atoms. The number of carboxylic acids is 1. The zero-order chi connectivity index (χ0) is 14.8. The number of rotatable bonds is 5. The first kappa shape index (κ1) is 14.3. The molecule has 2 bridgehead atoms. The molecule has 0 aromatic carbocycles. The molecular weight excluding hydrogens is 270 g/mol. The summed E-state index contributed by atoms with van der Waals surface area (Å²) in [6.07, 6.45) is 10.6. The number of amides is 1. The molecule has 4 atom stereocenters. The van der Waals surface area contributed by atoms with Gasteiger partial charge >= 0.3 is 5.97 Å². The highest BCUT2D eigenvalue weighted by Crippen LogP contribution is 2.39. The molecule has 2 aliphatic heterocycles. The molecule has 114 valence electrons. The monoisotopic (exact) mass is 291 g/mol. The SMILES string of the molecule is O=C(O)[C@@H]1[C@H](C(=O)NCCC2=CCCCC2)[C@H]2C=C[C@H]1O2. The normalized spacial score (nSPS) is 33.8. The number of carboxylic acid groups (broad SMARTS) is 1. The molecule has 5 heteroatoms. The van der Waals surface area contributed by atoms with Crippen molar-refractivity contribution in [3.63, 3.8) is 0 Å². The molecule has 0 spiro atoms. The molecule has 3 rings (SSSR count). The summed E-state index contributed by atoms with van der Waals surface area (Å²) >= 11 is 0. The van der Waals surface area contributed by atoms with Gasteiger partial charge in [-0.15, -0.1) is 0 Å². The van der Waals surface area contributed by atoms with Crippen molar-refractivity contribution in [3.05, 3.63) is 23.8 Å². The molecule has 3 aliphatic rings. The lowest BCUT2D eigenvalue weighted by molar-refractivity contribution is -0.146. The van der Waals surface area contributed by atoms with Crippen molar-refractivity contribution in [2.75, 3.05) is 6.54 Å². The summed E-state index contributed by atoms with van der Waals surface area (Å²) < 4.78 is 5.51. The zero-order valence-electron chi connectivity index (χ0n) is 12.0. The van der Waals surface area contributed by atoms with E-state index in [2.05, 4.69) is 11.4 Å². The highest BCUT2D eigenvalue weighted by atomic mass is 16.5. The lowest BCUT2D eigenvalue weighted by Crippen LogP contribution is -2.42. The second-order valence-corrected chi connectivity index (χ2v) is 5.99. The van der Waals surface area contributed by atoms with Crippen LogP contribution in [0.3, 0.4) is 0 Å². The van der Waals surface area contributed by atoms with Crippen molar-refractivity contribution in [1.29, 1.82) is 0 Å². The van der Waals surface area contributed by atoms with Crippen molar-refractivity contribution in [1.82, 2.24) is 5.32 Å². The standard InChI is InChI=1S/C16H21NO4/c18-15(17-9-8-10-4-2-1-3-5-10)13-11-6-7-12(21-11)14(13)16(19)20/h4,6-7,11-14H,1-3,5,8-9H2,(H,17,18)(H,19,20)/t11-,12-,13-,14+/m1/s1. The number of allylic oxidation sites excluding steroid dienone is 1. The minimum Gasteiger partial charge on any atom is -0.481 e. The van der Waals surface area contributed by atoms with Crippen LogP contribution in [0.1, 0.15) is 32.1 Å². The molecule has 2 N–H and O–H groups in total. The van der Waals surface area contributed by atoms with Gasteiger partial charge in [0.1, 0.15) is 5.92 Å². The second-order valence-electron chi connectivity index (χ2n) is 5.99. The van der Waals surface area contributed by atoms with E-state index in [4.69, 9.17) is 4.74 Å². The van der Waals surface area contributed by atoms with Crippen LogP contribution in [-0.4, -0.2) is 35.7 Å². The Morgan fingerprint density at radius 3 is 2.67 bits per heavy atom. The fourth-order valence-electron chi connectivity index (χ4n) is 3.51. The molecule has 0 unspecified atom stereocenters. The molecule has 0 aromatic heterocycles. The number of hydrogen-bond donors (Lipinski definition) is 2. The van der Waals surface area contributed by atoms with E-state index in [1.807, 2.05) is 0 Å². The van der Waals surface area contributed by atoms with Gasteiger partial charge < -0.3 is 15.2 Å². The Balaban J connectivity index is 1.54. The van der Waals surface area contributed by atoms with Crippen LogP contribution < -0.4 is 5.32 Å². The maximum atomic E-state index is 12.3. The fourth-order valence-corrected chi connectivity index (χ4v) is 3.51. The predicted octanol–water partition coefficient (Wildman–Crippen LogP) is 1.65. The van der Waals surface area contributed by atoms with Crippen LogP contribution in [0, 0.1) is 11.8 Å². The summed E-state index contributed by atoms with van der Waals surface area (Å²) in [5.41, 5.74) is 1.40. The maximum Gasteiger partial charge on any atom is 0.310 e. The van der Waals surface area contributed by atoms with Gasteiger partial charge in [0.25, 0.3) is 0 Å². The van der Waals surface area contributed by atoms with Crippen molar-refractivity contribution in [2.45, 2.75) is 44.3 Å². The van der Waals surface area contributed by atoms with E-state index in [1.165, 1.54) is 18.4 Å². The van der Waals surface area contributed by atoms with Gasteiger partial charge in [0, 0.05) is 6.54 Å². The number of hydrogen-bond acceptors (Lipinski definition) is 3. The van der Waals surface area contributed by atoms with Gasteiger partial charge in [0.15, 0.2) is 0 Å². The fraction of sp³-hybridized carbons (Fsp3) is 0.625. The molecule has 1 amide bonds. The highest BCUT2D eigenvalue weighted by molar-refractivity contribution is 5.87. The summed E-state index contributed by atoms with van der Waals surface area (Å²) in [5.74, 6) is -2.51. The molecule has 5 nitrogen and oxygen atoms in total. The third kappa shape index (κ3) is 2.88. The van der Waals surface area contributed by atoms with Gasteiger partial charge in [-0.3, -0.25) is 9.59 Å². The van der Waals surface area contributed by atoms with Crippen molar-refractivity contribution in [3.8, 4) is 0 Å². The summed E-state index contributed by atoms with van der Waals surface area (Å²) in [5, 5.41) is 12.2. The average molecular weight is 291 g/mol. The Labute approximate surface area is 124 Å². The van der Waals surface area contributed by atoms with Gasteiger partial charge in [-0.25, -0.2) is 0 Å². The van der Waals surface area contributed by atoms with Crippen molar-refractivity contribution in [2.24, 2.45) is 11.8 Å². The number of carbonyl (C=O) groups is 2. The molecule has 2 heterocycles. The molecule has 0 aromatic rings. The van der Waals surface area contributed by atoms with Crippen LogP contribution in [0.25, 0.3) is 0 Å². The molecule has 1 fully saturated rings. The van der Waals surface area contributed by atoms with E-state index >= 15 is 0 Å². The van der Waals surface area contributed by atoms with Gasteiger partial charge in [-0.05, 0) is 32.1 Å². The molecule has 0 saturated carbocycles. The number of ether oxygens (including phenoxy) is 1. The highest BCUT2D eigenvalue weighted by Gasteiger charge is 2.53. The van der Waals surface area contributed by atoms with Crippen LogP contribution in [-0.2, 0) is 14.3 Å². The van der Waals surface area contributed by atoms with E-state index in [0.717, 1.165) is 19.3 Å². The van der Waals surface area contributed by atoms with E-state index in [1.54, 1.807) is 12.2 Å². The van der Waals surface area contributed by atoms with Crippen molar-refractivity contribution < 1.29 is 19.4 Å². The van der Waals surface area contributed by atoms with Gasteiger partial charge in [0.2, 0.25) is 5.91 Å². The number of carbonyl (C=O) groups excluding carboxylic acids is 1. The second kappa shape index (κ2) is 6.02. The Bertz CT molecular complexity index is 497. The molecule has 1 aliphatic carbocycles. The van der Waals surface area contributed by atoms with E-state index in [9.17, 15) is 14.7 Å². The quantitative estimate of drug-likeness (QED) is 0.755. The summed E-state index contributed by atoms with van der Waals surface area (Å²) in [7, 11) is 0. The van der Waals surface area contributed by atoms with Gasteiger partial charge in [0.05, 0.1) is 18.1 Å². The van der Waals surface area contributed by atoms with Gasteiger partial charge in [-0.2, -0.15) is 0 Å². The summed E-state index contributed by atoms with van der Waals surface area (Å²) in [4.78, 5) is 23.6. The van der Waals surface area contributed by atoms with E-state index in [0.29, 0.717) is 6.54 Å². The minimum atomic E-state index is -0.956. The Hall–Kier alpha value is -1.62. The molecule has 0 radical (unpaired) electrons. The first-order valence-corrected chi connectivity index (χ1v) is 7.69. The number of aliphatic carboxylic acids is 1. The van der Waals surface area contributed by atoms with Crippen LogP contribution in [0.15, 0.2) is 23.8 Å². The smallest absolute Gasteiger partial charge is 0.310 e. The first-order valence-electron chi connectivity index (χ1n) is 7.69. The van der Waals surface area contributed by atoms with Crippen LogP contribution in [0.5, 0.6) is 0 Å².